The van der Waals surface area contributed by atoms with Crippen molar-refractivity contribution >= 4 is 0 Å². The van der Waals surface area contributed by atoms with Crippen molar-refractivity contribution in [2.45, 2.75) is 32.6 Å². The molecule has 1 fully saturated rings. The highest BCUT2D eigenvalue weighted by Crippen LogP contribution is 2.10. The lowest BCUT2D eigenvalue weighted by Crippen LogP contribution is -2.09. The summed E-state index contributed by atoms with van der Waals surface area (Å²) in [6, 6.07) is 0. The molecule has 0 aromatic heterocycles. The molecule has 0 amide bonds. The minimum atomic E-state index is 0.740. The van der Waals surface area contributed by atoms with E-state index in [-0.39, 0.29) is 0 Å². The van der Waals surface area contributed by atoms with E-state index in [1.54, 1.807) is 0 Å². The normalized spacial score (nSPS) is 17.0. The zero-order valence-corrected chi connectivity index (χ0v) is 7.14. The smallest absolute Gasteiger partial charge is 0.274 e. The van der Waals surface area contributed by atoms with Gasteiger partial charge in [-0.05, 0) is 18.9 Å². The molecule has 0 N–H and O–H groups in total. The van der Waals surface area contributed by atoms with Crippen LogP contribution in [-0.4, -0.2) is 13.2 Å². The third-order valence-corrected chi connectivity index (χ3v) is 1.65. The van der Waals surface area contributed by atoms with Crippen LogP contribution in [0.2, 0.25) is 0 Å². The molecule has 0 atom stereocenters. The van der Waals surface area contributed by atoms with Gasteiger partial charge < -0.3 is 9.47 Å². The molecule has 0 aliphatic carbocycles. The van der Waals surface area contributed by atoms with Gasteiger partial charge in [0.2, 0.25) is 0 Å². The maximum absolute atomic E-state index is 5.26. The van der Waals surface area contributed by atoms with Gasteiger partial charge in [0.05, 0.1) is 13.2 Å². The topological polar surface area (TPSA) is 18.5 Å². The second-order valence-electron chi connectivity index (χ2n) is 2.72. The summed E-state index contributed by atoms with van der Waals surface area (Å²) in [6.45, 7) is 3.82. The lowest BCUT2D eigenvalue weighted by Gasteiger charge is -2.16. The van der Waals surface area contributed by atoms with Crippen LogP contribution in [0.4, 0.5) is 0 Å². The van der Waals surface area contributed by atoms with E-state index >= 15 is 0 Å². The second kappa shape index (κ2) is 5.05. The maximum atomic E-state index is 5.26. The molecule has 0 spiro atoms. The Bertz CT molecular complexity index is 122. The number of unbranched alkanes of at least 4 members (excludes halogenated alkanes) is 2. The number of hydrogen-bond acceptors (Lipinski definition) is 2. The monoisotopic (exact) mass is 156 g/mol. The van der Waals surface area contributed by atoms with Crippen LogP contribution in [0, 0.1) is 0 Å². The van der Waals surface area contributed by atoms with E-state index in [1.807, 2.05) is 6.08 Å². The largest absolute Gasteiger partial charge is 0.466 e. The molecule has 0 bridgehead atoms. The van der Waals surface area contributed by atoms with Gasteiger partial charge >= 0.3 is 0 Å². The van der Waals surface area contributed by atoms with Crippen LogP contribution in [0.3, 0.4) is 0 Å². The fraction of sp³-hybridized carbons (Fsp3) is 0.778. The van der Waals surface area contributed by atoms with Crippen LogP contribution in [-0.2, 0) is 9.47 Å². The quantitative estimate of drug-likeness (QED) is 0.584. The molecule has 0 saturated carbocycles. The fourth-order valence-corrected chi connectivity index (χ4v) is 0.988. The molecule has 2 nitrogen and oxygen atoms in total. The van der Waals surface area contributed by atoms with Crippen molar-refractivity contribution in [3.8, 4) is 0 Å². The van der Waals surface area contributed by atoms with E-state index in [2.05, 4.69) is 6.92 Å². The molecule has 1 heterocycles. The molecule has 1 aliphatic rings. The van der Waals surface area contributed by atoms with Crippen LogP contribution in [0.25, 0.3) is 0 Å². The molecule has 1 saturated heterocycles. The van der Waals surface area contributed by atoms with Crippen molar-refractivity contribution in [2.75, 3.05) is 13.2 Å². The summed E-state index contributed by atoms with van der Waals surface area (Å²) in [5.74, 6) is 0.740. The summed E-state index contributed by atoms with van der Waals surface area (Å²) in [5.41, 5.74) is 0. The van der Waals surface area contributed by atoms with E-state index < -0.39 is 0 Å². The Labute approximate surface area is 68.2 Å². The van der Waals surface area contributed by atoms with Crippen molar-refractivity contribution in [2.24, 2.45) is 0 Å². The number of rotatable bonds is 3. The van der Waals surface area contributed by atoms with E-state index in [0.717, 1.165) is 32.0 Å². The van der Waals surface area contributed by atoms with Gasteiger partial charge in [-0.15, -0.1) is 0 Å². The average molecular weight is 156 g/mol. The third kappa shape index (κ3) is 3.30. The molecule has 11 heavy (non-hydrogen) atoms. The zero-order chi connectivity index (χ0) is 7.94. The number of ether oxygens (including phenoxy) is 2. The van der Waals surface area contributed by atoms with Crippen LogP contribution in [0.1, 0.15) is 32.6 Å². The maximum Gasteiger partial charge on any atom is 0.274 e. The molecule has 0 aromatic rings. The van der Waals surface area contributed by atoms with Gasteiger partial charge in [0.15, 0.2) is 0 Å². The molecular weight excluding hydrogens is 140 g/mol. The summed E-state index contributed by atoms with van der Waals surface area (Å²) >= 11 is 0. The van der Waals surface area contributed by atoms with Gasteiger partial charge in [0.1, 0.15) is 0 Å². The highest BCUT2D eigenvalue weighted by atomic mass is 16.7. The van der Waals surface area contributed by atoms with Gasteiger partial charge in [-0.25, -0.2) is 0 Å². The highest BCUT2D eigenvalue weighted by molar-refractivity contribution is 4.85. The lowest BCUT2D eigenvalue weighted by atomic mass is 10.2. The van der Waals surface area contributed by atoms with Gasteiger partial charge in [-0.1, -0.05) is 13.3 Å². The van der Waals surface area contributed by atoms with Crippen molar-refractivity contribution in [1.29, 1.82) is 0 Å². The molecule has 1 aliphatic heterocycles. The summed E-state index contributed by atoms with van der Waals surface area (Å²) in [6.07, 6.45) is 6.58. The number of allylic oxidation sites excluding steroid dienone is 1. The first-order chi connectivity index (χ1) is 5.43. The SMILES string of the molecule is CCCCC=C1OCCCO1. The lowest BCUT2D eigenvalue weighted by molar-refractivity contribution is -0.0148. The molecule has 0 unspecified atom stereocenters. The summed E-state index contributed by atoms with van der Waals surface area (Å²) in [4.78, 5) is 0. The first kappa shape index (κ1) is 8.44. The Kier molecular flexibility index (Phi) is 3.87. The number of hydrogen-bond donors (Lipinski definition) is 0. The van der Waals surface area contributed by atoms with Gasteiger partial charge in [-0.3, -0.25) is 0 Å². The first-order valence-electron chi connectivity index (χ1n) is 4.39. The first-order valence-corrected chi connectivity index (χ1v) is 4.39. The predicted octanol–water partition coefficient (Wildman–Crippen LogP) is 2.45. The predicted molar refractivity (Wildman–Crippen MR) is 44.1 cm³/mol. The van der Waals surface area contributed by atoms with Crippen molar-refractivity contribution in [3.05, 3.63) is 12.0 Å². The molecule has 0 aromatic carbocycles. The van der Waals surface area contributed by atoms with Gasteiger partial charge in [0.25, 0.3) is 5.95 Å². The molecular formula is C9H16O2. The Hall–Kier alpha value is -0.660. The van der Waals surface area contributed by atoms with Crippen molar-refractivity contribution in [1.82, 2.24) is 0 Å². The van der Waals surface area contributed by atoms with E-state index in [9.17, 15) is 0 Å². The molecule has 0 radical (unpaired) electrons. The van der Waals surface area contributed by atoms with Gasteiger partial charge in [-0.2, -0.15) is 0 Å². The Morgan fingerprint density at radius 1 is 1.36 bits per heavy atom. The molecule has 64 valence electrons. The summed E-state index contributed by atoms with van der Waals surface area (Å²) in [7, 11) is 0. The Morgan fingerprint density at radius 3 is 2.73 bits per heavy atom. The standard InChI is InChI=1S/C9H16O2/c1-2-3-4-6-9-10-7-5-8-11-9/h6H,2-5,7-8H2,1H3. The van der Waals surface area contributed by atoms with Crippen LogP contribution in [0.5, 0.6) is 0 Å². The Balaban J connectivity index is 2.15. The van der Waals surface area contributed by atoms with Crippen LogP contribution >= 0.6 is 0 Å². The zero-order valence-electron chi connectivity index (χ0n) is 7.14. The summed E-state index contributed by atoms with van der Waals surface area (Å²) < 4.78 is 10.5. The third-order valence-electron chi connectivity index (χ3n) is 1.65. The highest BCUT2D eigenvalue weighted by Gasteiger charge is 2.04. The molecule has 2 heteroatoms. The van der Waals surface area contributed by atoms with Crippen LogP contribution in [0.15, 0.2) is 12.0 Å². The summed E-state index contributed by atoms with van der Waals surface area (Å²) in [5, 5.41) is 0. The van der Waals surface area contributed by atoms with E-state index in [0.29, 0.717) is 0 Å². The van der Waals surface area contributed by atoms with Crippen molar-refractivity contribution in [3.63, 3.8) is 0 Å². The second-order valence-corrected chi connectivity index (χ2v) is 2.72. The molecule has 1 rings (SSSR count). The average Bonchev–Trinajstić information content (AvgIpc) is 2.07. The van der Waals surface area contributed by atoms with E-state index in [4.69, 9.17) is 9.47 Å². The van der Waals surface area contributed by atoms with Crippen molar-refractivity contribution < 1.29 is 9.47 Å². The van der Waals surface area contributed by atoms with Crippen LogP contribution < -0.4 is 0 Å². The minimum Gasteiger partial charge on any atom is -0.466 e. The Morgan fingerprint density at radius 2 is 2.09 bits per heavy atom. The fourth-order valence-electron chi connectivity index (χ4n) is 0.988. The minimum absolute atomic E-state index is 0.740. The van der Waals surface area contributed by atoms with Gasteiger partial charge in [0, 0.05) is 6.42 Å². The van der Waals surface area contributed by atoms with E-state index in [1.165, 1.54) is 12.8 Å².